The SMILES string of the molecule is OCCNc1nc(N2CCNCC2)c2occcc(Cl)ccc2n1. The standard InChI is InChI=1S/C16H20ClN5O2/c17-12-2-1-11-24-14-13(4-3-12)20-16(19-7-10-23)21-15(14)22-8-5-18-6-9-22/h1-4,11,18,23H,5-10H2,(H,19,20,21). The fraction of sp³-hybridized carbons (Fsp3) is 0.375. The molecular weight excluding hydrogens is 330 g/mol. The lowest BCUT2D eigenvalue weighted by Gasteiger charge is -2.28. The predicted octanol–water partition coefficient (Wildman–Crippen LogP) is 1.81. The Morgan fingerprint density at radius 2 is 2.08 bits per heavy atom. The largest absolute Gasteiger partial charge is 0.459 e. The van der Waals surface area contributed by atoms with Crippen LogP contribution in [0, 0.1) is 0 Å². The number of nitrogens with zero attached hydrogens (tertiary/aromatic N) is 3. The van der Waals surface area contributed by atoms with E-state index in [0.29, 0.717) is 28.6 Å². The average Bonchev–Trinajstić information content (AvgIpc) is 2.71. The van der Waals surface area contributed by atoms with Gasteiger partial charge in [-0.05, 0) is 24.3 Å². The second-order valence-electron chi connectivity index (χ2n) is 5.30. The van der Waals surface area contributed by atoms with Crippen LogP contribution in [0.25, 0.3) is 11.1 Å². The van der Waals surface area contributed by atoms with Crippen molar-refractivity contribution in [2.75, 3.05) is 49.5 Å². The monoisotopic (exact) mass is 349 g/mol. The van der Waals surface area contributed by atoms with Crippen molar-refractivity contribution in [1.82, 2.24) is 15.3 Å². The molecular formula is C16H20ClN5O2. The fourth-order valence-corrected chi connectivity index (χ4v) is 2.61. The smallest absolute Gasteiger partial charge is 0.225 e. The van der Waals surface area contributed by atoms with Crippen LogP contribution in [0.3, 0.4) is 0 Å². The fourth-order valence-electron chi connectivity index (χ4n) is 2.47. The highest BCUT2D eigenvalue weighted by molar-refractivity contribution is 6.30. The number of rotatable bonds is 4. The Kier molecular flexibility index (Phi) is 5.68. The summed E-state index contributed by atoms with van der Waals surface area (Å²) in [4.78, 5) is 11.2. The molecule has 0 amide bonds. The third kappa shape index (κ3) is 4.05. The first-order valence-corrected chi connectivity index (χ1v) is 8.25. The third-order valence-electron chi connectivity index (χ3n) is 3.61. The van der Waals surface area contributed by atoms with E-state index in [-0.39, 0.29) is 6.61 Å². The number of anilines is 2. The molecule has 24 heavy (non-hydrogen) atoms. The molecule has 1 saturated heterocycles. The van der Waals surface area contributed by atoms with Crippen molar-refractivity contribution in [3.63, 3.8) is 0 Å². The van der Waals surface area contributed by atoms with Crippen molar-refractivity contribution in [2.24, 2.45) is 0 Å². The maximum atomic E-state index is 9.03. The van der Waals surface area contributed by atoms with Gasteiger partial charge >= 0.3 is 0 Å². The minimum atomic E-state index is 0.00700. The van der Waals surface area contributed by atoms with E-state index in [4.69, 9.17) is 21.1 Å². The van der Waals surface area contributed by atoms with Gasteiger partial charge in [0.2, 0.25) is 5.95 Å². The van der Waals surface area contributed by atoms with Crippen molar-refractivity contribution in [1.29, 1.82) is 0 Å². The van der Waals surface area contributed by atoms with Crippen LogP contribution in [-0.4, -0.2) is 54.4 Å². The minimum Gasteiger partial charge on any atom is -0.459 e. The van der Waals surface area contributed by atoms with Crippen LogP contribution in [0.2, 0.25) is 5.02 Å². The molecule has 3 heterocycles. The molecule has 0 spiro atoms. The number of fused-ring (bicyclic) bond motifs is 1. The normalized spacial score (nSPS) is 14.5. The van der Waals surface area contributed by atoms with E-state index < -0.39 is 0 Å². The van der Waals surface area contributed by atoms with Gasteiger partial charge in [-0.3, -0.25) is 0 Å². The lowest BCUT2D eigenvalue weighted by Crippen LogP contribution is -2.44. The van der Waals surface area contributed by atoms with Crippen LogP contribution in [-0.2, 0) is 0 Å². The lowest BCUT2D eigenvalue weighted by molar-refractivity contribution is 0.311. The molecule has 0 unspecified atom stereocenters. The van der Waals surface area contributed by atoms with E-state index in [1.807, 2.05) is 0 Å². The van der Waals surface area contributed by atoms with Crippen molar-refractivity contribution in [2.45, 2.75) is 0 Å². The molecule has 128 valence electrons. The van der Waals surface area contributed by atoms with E-state index >= 15 is 0 Å². The molecule has 0 bridgehead atoms. The molecule has 8 heteroatoms. The summed E-state index contributed by atoms with van der Waals surface area (Å²) in [6, 6.07) is 7.05. The van der Waals surface area contributed by atoms with E-state index in [2.05, 4.69) is 25.5 Å². The number of piperazine rings is 1. The zero-order valence-corrected chi connectivity index (χ0v) is 14.0. The van der Waals surface area contributed by atoms with Crippen LogP contribution >= 0.6 is 11.6 Å². The van der Waals surface area contributed by atoms with Gasteiger partial charge < -0.3 is 25.1 Å². The Balaban J connectivity index is 2.17. The summed E-state index contributed by atoms with van der Waals surface area (Å²) < 4.78 is 5.80. The van der Waals surface area contributed by atoms with E-state index in [1.54, 1.807) is 30.5 Å². The molecule has 0 radical (unpaired) electrons. The molecule has 2 aromatic heterocycles. The number of hydrogen-bond acceptors (Lipinski definition) is 7. The first-order chi connectivity index (χ1) is 11.8. The zero-order chi connectivity index (χ0) is 16.8. The molecule has 1 aliphatic heterocycles. The predicted molar refractivity (Wildman–Crippen MR) is 95.1 cm³/mol. The summed E-state index contributed by atoms with van der Waals surface area (Å²) >= 11 is 6.10. The van der Waals surface area contributed by atoms with Gasteiger partial charge in [-0.25, -0.2) is 4.98 Å². The quantitative estimate of drug-likeness (QED) is 0.776. The number of nitrogens with one attached hydrogen (secondary N) is 2. The minimum absolute atomic E-state index is 0.00700. The Morgan fingerprint density at radius 1 is 1.25 bits per heavy atom. The number of aromatic nitrogens is 2. The molecule has 0 aromatic carbocycles. The molecule has 7 nitrogen and oxygen atoms in total. The van der Waals surface area contributed by atoms with Gasteiger partial charge in [-0.1, -0.05) is 11.6 Å². The number of hydrogen-bond donors (Lipinski definition) is 3. The van der Waals surface area contributed by atoms with Gasteiger partial charge in [-0.2, -0.15) is 4.98 Å². The van der Waals surface area contributed by atoms with E-state index in [0.717, 1.165) is 32.0 Å². The van der Waals surface area contributed by atoms with Crippen LogP contribution in [0.5, 0.6) is 0 Å². The Labute approximate surface area is 145 Å². The lowest BCUT2D eigenvalue weighted by atomic mass is 10.3. The van der Waals surface area contributed by atoms with E-state index in [9.17, 15) is 0 Å². The summed E-state index contributed by atoms with van der Waals surface area (Å²) in [5.41, 5.74) is 1.23. The first kappa shape index (κ1) is 16.8. The van der Waals surface area contributed by atoms with Crippen LogP contribution in [0.15, 0.2) is 34.9 Å². The Hall–Kier alpha value is -2.09. The van der Waals surface area contributed by atoms with Crippen LogP contribution in [0.4, 0.5) is 11.8 Å². The highest BCUT2D eigenvalue weighted by atomic mass is 35.5. The third-order valence-corrected chi connectivity index (χ3v) is 3.86. The molecule has 1 fully saturated rings. The Morgan fingerprint density at radius 3 is 2.88 bits per heavy atom. The highest BCUT2D eigenvalue weighted by Gasteiger charge is 2.18. The second-order valence-corrected chi connectivity index (χ2v) is 5.74. The molecule has 0 aliphatic carbocycles. The zero-order valence-electron chi connectivity index (χ0n) is 13.2. The van der Waals surface area contributed by atoms with Crippen LogP contribution in [0.1, 0.15) is 0 Å². The van der Waals surface area contributed by atoms with Gasteiger partial charge in [0.25, 0.3) is 0 Å². The molecule has 3 N–H and O–H groups in total. The van der Waals surface area contributed by atoms with Crippen molar-refractivity contribution >= 4 is 34.5 Å². The summed E-state index contributed by atoms with van der Waals surface area (Å²) in [6.45, 7) is 3.82. The summed E-state index contributed by atoms with van der Waals surface area (Å²) in [6.07, 6.45) is 1.57. The Bertz CT molecular complexity index is 744. The number of halogens is 1. The average molecular weight is 350 g/mol. The maximum Gasteiger partial charge on any atom is 0.225 e. The van der Waals surface area contributed by atoms with Gasteiger partial charge in [0.1, 0.15) is 5.52 Å². The second kappa shape index (κ2) is 8.14. The van der Waals surface area contributed by atoms with Crippen molar-refractivity contribution < 1.29 is 9.52 Å². The van der Waals surface area contributed by atoms with Crippen molar-refractivity contribution in [3.8, 4) is 0 Å². The van der Waals surface area contributed by atoms with Crippen LogP contribution < -0.4 is 15.5 Å². The number of aliphatic hydroxyl groups is 1. The molecule has 1 aliphatic rings. The molecule has 0 saturated carbocycles. The van der Waals surface area contributed by atoms with Gasteiger partial charge in [0.15, 0.2) is 11.4 Å². The van der Waals surface area contributed by atoms with Gasteiger partial charge in [0.05, 0.1) is 12.9 Å². The maximum absolute atomic E-state index is 9.03. The molecule has 3 rings (SSSR count). The van der Waals surface area contributed by atoms with Crippen molar-refractivity contribution in [3.05, 3.63) is 35.6 Å². The summed E-state index contributed by atoms with van der Waals surface area (Å²) in [5, 5.41) is 15.9. The molecule has 2 aromatic rings. The van der Waals surface area contributed by atoms with Gasteiger partial charge in [-0.15, -0.1) is 0 Å². The highest BCUT2D eigenvalue weighted by Crippen LogP contribution is 2.25. The summed E-state index contributed by atoms with van der Waals surface area (Å²) in [5.74, 6) is 1.18. The van der Waals surface area contributed by atoms with Gasteiger partial charge in [0, 0.05) is 37.7 Å². The van der Waals surface area contributed by atoms with E-state index in [1.165, 1.54) is 0 Å². The summed E-state index contributed by atoms with van der Waals surface area (Å²) in [7, 11) is 0. The first-order valence-electron chi connectivity index (χ1n) is 7.87. The number of aliphatic hydroxyl groups excluding tert-OH is 1. The topological polar surface area (TPSA) is 86.5 Å². The molecule has 0 atom stereocenters.